The van der Waals surface area contributed by atoms with Gasteiger partial charge in [0.15, 0.2) is 5.58 Å². The maximum absolute atomic E-state index is 11.0. The molecule has 2 heterocycles. The number of para-hydroxylation sites is 1. The van der Waals surface area contributed by atoms with Crippen molar-refractivity contribution in [2.24, 2.45) is 0 Å². The molecule has 0 bridgehead atoms. The highest BCUT2D eigenvalue weighted by Crippen LogP contribution is 2.39. The van der Waals surface area contributed by atoms with Crippen LogP contribution in [-0.2, 0) is 0 Å². The monoisotopic (exact) mass is 268 g/mol. The van der Waals surface area contributed by atoms with Crippen molar-refractivity contribution in [3.8, 4) is 5.69 Å². The fraction of sp³-hybridized carbons (Fsp3) is 0.200. The van der Waals surface area contributed by atoms with E-state index < -0.39 is 5.97 Å². The first-order chi connectivity index (χ1) is 9.72. The molecule has 0 unspecified atom stereocenters. The van der Waals surface area contributed by atoms with Crippen LogP contribution in [0.3, 0.4) is 0 Å². The fourth-order valence-corrected chi connectivity index (χ4v) is 2.42. The Bertz CT molecular complexity index is 812. The van der Waals surface area contributed by atoms with Crippen LogP contribution in [0.2, 0.25) is 0 Å². The summed E-state index contributed by atoms with van der Waals surface area (Å²) >= 11 is 0. The molecule has 2 aromatic heterocycles. The lowest BCUT2D eigenvalue weighted by atomic mass is 10.2. The molecule has 1 N–H and O–H groups in total. The van der Waals surface area contributed by atoms with Gasteiger partial charge in [-0.2, -0.15) is 0 Å². The number of hydrogen-bond donors (Lipinski definition) is 1. The summed E-state index contributed by atoms with van der Waals surface area (Å²) in [7, 11) is 0. The van der Waals surface area contributed by atoms with Gasteiger partial charge in [0.2, 0.25) is 5.76 Å². The Hall–Kier alpha value is -2.56. The van der Waals surface area contributed by atoms with E-state index in [1.807, 2.05) is 29.0 Å². The van der Waals surface area contributed by atoms with Gasteiger partial charge < -0.3 is 14.1 Å². The summed E-state index contributed by atoms with van der Waals surface area (Å²) in [6.07, 6.45) is 6.15. The van der Waals surface area contributed by atoms with Gasteiger partial charge in [-0.05, 0) is 25.0 Å². The number of rotatable bonds is 3. The zero-order valence-corrected chi connectivity index (χ0v) is 10.6. The molecule has 1 aromatic carbocycles. The number of carbonyl (C=O) groups is 1. The van der Waals surface area contributed by atoms with E-state index in [-0.39, 0.29) is 5.76 Å². The molecular formula is C15H12N2O3. The van der Waals surface area contributed by atoms with Gasteiger partial charge in [-0.1, -0.05) is 12.1 Å². The zero-order valence-electron chi connectivity index (χ0n) is 10.6. The predicted molar refractivity (Wildman–Crippen MR) is 72.3 cm³/mol. The first-order valence-corrected chi connectivity index (χ1v) is 6.52. The minimum Gasteiger partial charge on any atom is -0.475 e. The Balaban J connectivity index is 1.86. The molecule has 0 atom stereocenters. The zero-order chi connectivity index (χ0) is 13.7. The normalized spacial score (nSPS) is 14.8. The van der Waals surface area contributed by atoms with Crippen molar-refractivity contribution in [3.05, 3.63) is 48.2 Å². The average Bonchev–Trinajstić information content (AvgIpc) is 3.02. The average molecular weight is 268 g/mol. The van der Waals surface area contributed by atoms with Crippen molar-refractivity contribution >= 4 is 16.9 Å². The molecule has 5 nitrogen and oxygen atoms in total. The third-order valence-corrected chi connectivity index (χ3v) is 3.61. The van der Waals surface area contributed by atoms with E-state index in [2.05, 4.69) is 4.98 Å². The van der Waals surface area contributed by atoms with Crippen LogP contribution in [0.1, 0.15) is 35.0 Å². The van der Waals surface area contributed by atoms with E-state index in [0.29, 0.717) is 11.5 Å². The number of hydrogen-bond acceptors (Lipinski definition) is 3. The van der Waals surface area contributed by atoms with E-state index in [0.717, 1.165) is 16.8 Å². The van der Waals surface area contributed by atoms with Gasteiger partial charge in [-0.3, -0.25) is 0 Å². The molecule has 1 aliphatic carbocycles. The van der Waals surface area contributed by atoms with Crippen LogP contribution in [0, 0.1) is 0 Å². The molecule has 1 aliphatic rings. The third kappa shape index (κ3) is 1.71. The number of fused-ring (bicyclic) bond motifs is 1. The van der Waals surface area contributed by atoms with Gasteiger partial charge in [0, 0.05) is 17.5 Å². The largest absolute Gasteiger partial charge is 0.475 e. The number of carboxylic acid groups (broad SMARTS) is 1. The van der Waals surface area contributed by atoms with E-state index in [9.17, 15) is 4.79 Å². The first-order valence-electron chi connectivity index (χ1n) is 6.52. The van der Waals surface area contributed by atoms with Gasteiger partial charge in [-0.15, -0.1) is 0 Å². The van der Waals surface area contributed by atoms with Gasteiger partial charge in [0.25, 0.3) is 0 Å². The molecule has 0 spiro atoms. The molecule has 0 amide bonds. The lowest BCUT2D eigenvalue weighted by Gasteiger charge is -2.02. The Morgan fingerprint density at radius 1 is 1.40 bits per heavy atom. The van der Waals surface area contributed by atoms with E-state index in [4.69, 9.17) is 9.52 Å². The highest BCUT2D eigenvalue weighted by atomic mass is 16.4. The number of aromatic carboxylic acids is 1. The van der Waals surface area contributed by atoms with E-state index in [1.54, 1.807) is 12.4 Å². The summed E-state index contributed by atoms with van der Waals surface area (Å²) in [5, 5.41) is 9.80. The Morgan fingerprint density at radius 2 is 2.25 bits per heavy atom. The highest BCUT2D eigenvalue weighted by molar-refractivity contribution is 5.94. The summed E-state index contributed by atoms with van der Waals surface area (Å²) in [5.74, 6) is -0.520. The maximum Gasteiger partial charge on any atom is 0.371 e. The van der Waals surface area contributed by atoms with Crippen LogP contribution in [0.5, 0.6) is 0 Å². The number of aromatic nitrogens is 2. The van der Waals surface area contributed by atoms with Crippen molar-refractivity contribution in [2.75, 3.05) is 0 Å². The van der Waals surface area contributed by atoms with Crippen LogP contribution in [0.15, 0.2) is 41.2 Å². The smallest absolute Gasteiger partial charge is 0.371 e. The number of furan rings is 1. The molecule has 100 valence electrons. The summed E-state index contributed by atoms with van der Waals surface area (Å²) in [6, 6.07) is 7.17. The van der Waals surface area contributed by atoms with Crippen molar-refractivity contribution < 1.29 is 14.3 Å². The number of imidazole rings is 1. The minimum atomic E-state index is -1.06. The lowest BCUT2D eigenvalue weighted by molar-refractivity contribution is 0.0665. The molecule has 20 heavy (non-hydrogen) atoms. The summed E-state index contributed by atoms with van der Waals surface area (Å²) in [4.78, 5) is 15.4. The van der Waals surface area contributed by atoms with Crippen LogP contribution < -0.4 is 0 Å². The predicted octanol–water partition coefficient (Wildman–Crippen LogP) is 3.19. The minimum absolute atomic E-state index is 0.0463. The topological polar surface area (TPSA) is 68.3 Å². The van der Waals surface area contributed by atoms with Gasteiger partial charge in [0.1, 0.15) is 0 Å². The Labute approximate surface area is 114 Å². The maximum atomic E-state index is 11.0. The fourth-order valence-electron chi connectivity index (χ4n) is 2.42. The van der Waals surface area contributed by atoms with Crippen LogP contribution in [0.25, 0.3) is 16.7 Å². The second-order valence-electron chi connectivity index (χ2n) is 5.09. The molecular weight excluding hydrogens is 256 g/mol. The lowest BCUT2D eigenvalue weighted by Crippen LogP contribution is -1.92. The van der Waals surface area contributed by atoms with Gasteiger partial charge in [0.05, 0.1) is 17.7 Å². The van der Waals surface area contributed by atoms with Crippen molar-refractivity contribution in [1.29, 1.82) is 0 Å². The van der Waals surface area contributed by atoms with Crippen molar-refractivity contribution in [3.63, 3.8) is 0 Å². The number of benzene rings is 1. The quantitative estimate of drug-likeness (QED) is 0.792. The first kappa shape index (κ1) is 11.3. The molecule has 0 radical (unpaired) electrons. The van der Waals surface area contributed by atoms with Crippen LogP contribution in [0.4, 0.5) is 0 Å². The van der Waals surface area contributed by atoms with Crippen LogP contribution in [-0.4, -0.2) is 20.6 Å². The second kappa shape index (κ2) is 3.96. The SMILES string of the molecule is O=C(O)c1cc2cccc(-n3cnc(C4CC4)c3)c2o1. The van der Waals surface area contributed by atoms with Crippen LogP contribution >= 0.6 is 0 Å². The molecule has 3 aromatic rings. The highest BCUT2D eigenvalue weighted by Gasteiger charge is 2.26. The summed E-state index contributed by atoms with van der Waals surface area (Å²) in [6.45, 7) is 0. The molecule has 1 fully saturated rings. The molecule has 4 rings (SSSR count). The van der Waals surface area contributed by atoms with E-state index >= 15 is 0 Å². The Kier molecular flexibility index (Phi) is 2.24. The van der Waals surface area contributed by atoms with Crippen molar-refractivity contribution in [1.82, 2.24) is 9.55 Å². The summed E-state index contributed by atoms with van der Waals surface area (Å²) in [5.41, 5.74) is 2.48. The standard InChI is InChI=1S/C15H12N2O3/c18-15(19)13-6-10-2-1-3-12(14(10)20-13)17-7-11(16-8-17)9-4-5-9/h1-3,6-9H,4-5H2,(H,18,19). The van der Waals surface area contributed by atoms with E-state index in [1.165, 1.54) is 12.8 Å². The second-order valence-corrected chi connectivity index (χ2v) is 5.09. The van der Waals surface area contributed by atoms with Crippen molar-refractivity contribution in [2.45, 2.75) is 18.8 Å². The number of carboxylic acids is 1. The molecule has 0 aliphatic heterocycles. The molecule has 0 saturated heterocycles. The van der Waals surface area contributed by atoms with Gasteiger partial charge >= 0.3 is 5.97 Å². The molecule has 1 saturated carbocycles. The third-order valence-electron chi connectivity index (χ3n) is 3.61. The number of nitrogens with zero attached hydrogens (tertiary/aromatic N) is 2. The molecule has 5 heteroatoms. The van der Waals surface area contributed by atoms with Gasteiger partial charge in [-0.25, -0.2) is 9.78 Å². The summed E-state index contributed by atoms with van der Waals surface area (Å²) < 4.78 is 7.35. The Morgan fingerprint density at radius 3 is 3.00 bits per heavy atom.